The normalized spacial score (nSPS) is 11.6. The standard InChI is InChI=1S/C57H57N9O15S3.C23H22N6O2/c1-64(82(4,70)71)28-31-76-52-25-22-43(61-58-40-16-10-7-11-17-40)34-49(52)55(67)79-46-37-47(80-56(68)50-35-44(62-59-41-18-12-8-13-19-41)23-26-53(50)77-32-29-65(2)83(5,72)73)39-48(38-46)81-57(69)51-36-45(63-60-42-20-14-9-15-21-42)24-27-54(51)78-33-30-66(3)84(6,74)75;1-30-19-12-6-10-17(14-19)25-22-27-21(24-16-8-4-3-5-9-16)28-23(29-22)26-18-11-7-13-20(15-18)31-2/h7-27,34-39H,28-33H2,1-6H3;3-15H,1-2H3,(H3,24,25,26,27,28,29). The first-order valence-electron chi connectivity index (χ1n) is 34.9. The Labute approximate surface area is 664 Å². The SMILES string of the molecule is CN(CCOc1ccc(N=Nc2ccccc2)cc1C(=O)Oc1cc(OC(=O)c2cc(N=Nc3ccccc3)ccc2OCCN(C)S(C)(=O)=O)cc(OC(=O)c2cc(N=Nc3ccccc3)ccc2OCCN(C)S(C)(=O)=O)c1)S(C)(=O)=O.COc1cccc(Nc2nc(Nc3ccccc3)nc(Nc3cccc(OC)c3)n2)c1. The number of azo groups is 3. The van der Waals surface area contributed by atoms with Gasteiger partial charge < -0.3 is 53.8 Å². The van der Waals surface area contributed by atoms with Gasteiger partial charge in [-0.3, -0.25) is 0 Å². The molecule has 10 aromatic carbocycles. The maximum Gasteiger partial charge on any atom is 0.347 e. The lowest BCUT2D eigenvalue weighted by atomic mass is 10.1. The van der Waals surface area contributed by atoms with Crippen LogP contribution in [0.25, 0.3) is 0 Å². The third-order valence-electron chi connectivity index (χ3n) is 16.2. The quantitative estimate of drug-likeness (QED) is 0.0189. The van der Waals surface area contributed by atoms with Crippen LogP contribution in [0.2, 0.25) is 0 Å². The predicted molar refractivity (Wildman–Crippen MR) is 434 cm³/mol. The molecule has 0 fully saturated rings. The monoisotopic (exact) mass is 1620 g/mol. The van der Waals surface area contributed by atoms with Gasteiger partial charge in [0.1, 0.15) is 82.5 Å². The van der Waals surface area contributed by atoms with Gasteiger partial charge in [0.25, 0.3) is 0 Å². The number of ether oxygens (including phenoxy) is 8. The number of nitrogens with one attached hydrogen (secondary N) is 3. The summed E-state index contributed by atoms with van der Waals surface area (Å²) in [6.07, 6.45) is 3.08. The van der Waals surface area contributed by atoms with E-state index in [0.29, 0.717) is 34.9 Å². The molecule has 115 heavy (non-hydrogen) atoms. The highest BCUT2D eigenvalue weighted by molar-refractivity contribution is 7.88. The van der Waals surface area contributed by atoms with E-state index in [2.05, 4.69) is 61.6 Å². The van der Waals surface area contributed by atoms with Gasteiger partial charge in [0.15, 0.2) is 0 Å². The minimum absolute atomic E-state index is 0.0473. The lowest BCUT2D eigenvalue weighted by Gasteiger charge is -2.17. The molecule has 0 unspecified atom stereocenters. The van der Waals surface area contributed by atoms with Crippen molar-refractivity contribution in [3.63, 3.8) is 0 Å². The number of aromatic nitrogens is 3. The van der Waals surface area contributed by atoms with Crippen molar-refractivity contribution in [2.24, 2.45) is 30.7 Å². The van der Waals surface area contributed by atoms with E-state index in [4.69, 9.17) is 37.9 Å². The molecule has 0 amide bonds. The van der Waals surface area contributed by atoms with E-state index in [-0.39, 0.29) is 108 Å². The number of methoxy groups -OCH3 is 2. The van der Waals surface area contributed by atoms with E-state index in [0.717, 1.165) is 78.4 Å². The predicted octanol–water partition coefficient (Wildman–Crippen LogP) is 15.5. The minimum atomic E-state index is -3.60. The van der Waals surface area contributed by atoms with Crippen molar-refractivity contribution in [1.82, 2.24) is 27.9 Å². The van der Waals surface area contributed by atoms with Crippen LogP contribution in [-0.2, 0) is 30.1 Å². The summed E-state index contributed by atoms with van der Waals surface area (Å²) in [6.45, 7) is -0.912. The Morgan fingerprint density at radius 3 is 0.878 bits per heavy atom. The Morgan fingerprint density at radius 1 is 0.322 bits per heavy atom. The molecule has 0 radical (unpaired) electrons. The maximum atomic E-state index is 14.5. The fraction of sp³-hybridized carbons (Fsp3) is 0.175. The number of hydrogen-bond donors (Lipinski definition) is 3. The topological polar surface area (TPSA) is 386 Å². The molecule has 0 aliphatic heterocycles. The molecule has 0 saturated heterocycles. The largest absolute Gasteiger partial charge is 0.497 e. The molecule has 11 aromatic rings. The Hall–Kier alpha value is -13.5. The highest BCUT2D eigenvalue weighted by Gasteiger charge is 2.25. The number of likely N-dealkylation sites (N-methyl/N-ethyl adjacent to an activating group) is 3. The van der Waals surface area contributed by atoms with Crippen LogP contribution >= 0.6 is 0 Å². The summed E-state index contributed by atoms with van der Waals surface area (Å²) in [5, 5.41) is 35.2. The third-order valence-corrected chi connectivity index (χ3v) is 20.1. The Balaban J connectivity index is 0.000000373. The highest BCUT2D eigenvalue weighted by Crippen LogP contribution is 2.36. The summed E-state index contributed by atoms with van der Waals surface area (Å²) in [6, 6.07) is 67.2. The number of sulfonamides is 3. The fourth-order valence-corrected chi connectivity index (χ4v) is 11.1. The lowest BCUT2D eigenvalue weighted by molar-refractivity contribution is 0.0725. The highest BCUT2D eigenvalue weighted by atomic mass is 32.2. The molecule has 32 nitrogen and oxygen atoms in total. The van der Waals surface area contributed by atoms with Crippen LogP contribution in [0, 0.1) is 0 Å². The molecule has 35 heteroatoms. The van der Waals surface area contributed by atoms with Crippen LogP contribution in [0.1, 0.15) is 31.1 Å². The third kappa shape index (κ3) is 26.3. The van der Waals surface area contributed by atoms with E-state index in [9.17, 15) is 39.6 Å². The molecule has 1 aromatic heterocycles. The van der Waals surface area contributed by atoms with Crippen LogP contribution in [0.5, 0.6) is 46.0 Å². The maximum absolute atomic E-state index is 14.5. The Bertz CT molecular complexity index is 5170. The van der Waals surface area contributed by atoms with Crippen molar-refractivity contribution in [2.75, 3.05) is 110 Å². The van der Waals surface area contributed by atoms with Gasteiger partial charge in [-0.15, -0.1) is 0 Å². The van der Waals surface area contributed by atoms with Crippen molar-refractivity contribution in [1.29, 1.82) is 0 Å². The number of rotatable bonds is 35. The molecule has 11 rings (SSSR count). The number of esters is 3. The zero-order chi connectivity index (χ0) is 81.9. The Morgan fingerprint density at radius 2 is 0.591 bits per heavy atom. The van der Waals surface area contributed by atoms with Crippen molar-refractivity contribution >= 4 is 117 Å². The van der Waals surface area contributed by atoms with Gasteiger partial charge in [0.05, 0.1) is 67.1 Å². The molecule has 3 N–H and O–H groups in total. The van der Waals surface area contributed by atoms with Crippen molar-refractivity contribution in [2.45, 2.75) is 0 Å². The molecule has 0 saturated carbocycles. The van der Waals surface area contributed by atoms with E-state index >= 15 is 0 Å². The van der Waals surface area contributed by atoms with E-state index in [1.165, 1.54) is 75.7 Å². The van der Waals surface area contributed by atoms with Gasteiger partial charge in [0.2, 0.25) is 47.9 Å². The second-order valence-corrected chi connectivity index (χ2v) is 31.0. The van der Waals surface area contributed by atoms with Crippen LogP contribution in [0.15, 0.2) is 273 Å². The van der Waals surface area contributed by atoms with E-state index in [1.807, 2.05) is 78.9 Å². The molecular formula is C80H79N15O17S3. The first kappa shape index (κ1) is 84.0. The van der Waals surface area contributed by atoms with Gasteiger partial charge in [0, 0.05) is 88.2 Å². The van der Waals surface area contributed by atoms with E-state index < -0.39 is 48.0 Å². The van der Waals surface area contributed by atoms with Crippen LogP contribution < -0.4 is 53.8 Å². The zero-order valence-corrected chi connectivity index (χ0v) is 65.8. The molecule has 0 aliphatic carbocycles. The van der Waals surface area contributed by atoms with Crippen molar-refractivity contribution < 1.29 is 77.5 Å². The molecular weight excluding hydrogens is 1540 g/mol. The van der Waals surface area contributed by atoms with Gasteiger partial charge in [-0.2, -0.15) is 45.6 Å². The number of anilines is 6. The fourth-order valence-electron chi connectivity index (χ4n) is 9.84. The van der Waals surface area contributed by atoms with Gasteiger partial charge in [-0.05, 0) is 127 Å². The second kappa shape index (κ2) is 40.1. The molecule has 594 valence electrons. The summed E-state index contributed by atoms with van der Waals surface area (Å²) < 4.78 is 122. The molecule has 0 spiro atoms. The zero-order valence-electron chi connectivity index (χ0n) is 63.4. The summed E-state index contributed by atoms with van der Waals surface area (Å²) in [7, 11) is -3.48. The van der Waals surface area contributed by atoms with Gasteiger partial charge >= 0.3 is 17.9 Å². The average Bonchev–Trinajstić information content (AvgIpc) is 0.815. The summed E-state index contributed by atoms with van der Waals surface area (Å²) in [4.78, 5) is 57.0. The van der Waals surface area contributed by atoms with Gasteiger partial charge in [-0.25, -0.2) is 52.6 Å². The first-order chi connectivity index (χ1) is 55.2. The lowest BCUT2D eigenvalue weighted by Crippen LogP contribution is -2.30. The first-order valence-corrected chi connectivity index (χ1v) is 40.4. The number of benzene rings is 10. The summed E-state index contributed by atoms with van der Waals surface area (Å²) >= 11 is 0. The van der Waals surface area contributed by atoms with Crippen LogP contribution in [0.3, 0.4) is 0 Å². The minimum Gasteiger partial charge on any atom is -0.497 e. The Kier molecular flexibility index (Phi) is 29.3. The number of para-hydroxylation sites is 1. The second-order valence-electron chi connectivity index (χ2n) is 24.8. The number of nitrogens with zero attached hydrogens (tertiary/aromatic N) is 12. The van der Waals surface area contributed by atoms with Crippen LogP contribution in [0.4, 0.5) is 69.0 Å². The number of carbonyl (C=O) groups is 3. The van der Waals surface area contributed by atoms with Crippen molar-refractivity contribution in [3.8, 4) is 46.0 Å². The average molecular weight is 1620 g/mol. The number of hydrogen-bond acceptors (Lipinski definition) is 29. The van der Waals surface area contributed by atoms with Crippen LogP contribution in [-0.4, -0.2) is 165 Å². The molecule has 0 atom stereocenters. The van der Waals surface area contributed by atoms with E-state index in [1.54, 1.807) is 105 Å². The summed E-state index contributed by atoms with van der Waals surface area (Å²) in [5.41, 5.74) is 3.88. The van der Waals surface area contributed by atoms with Crippen molar-refractivity contribution in [3.05, 3.63) is 259 Å². The molecule has 1 heterocycles. The molecule has 0 bridgehead atoms. The van der Waals surface area contributed by atoms with Gasteiger partial charge in [-0.1, -0.05) is 84.9 Å². The smallest absolute Gasteiger partial charge is 0.347 e. The number of carbonyl (C=O) groups excluding carboxylic acids is 3. The molecule has 0 aliphatic rings. The summed E-state index contributed by atoms with van der Waals surface area (Å²) in [5.74, 6) is -1.80.